The number of nitrogens with zero attached hydrogens (tertiary/aromatic N) is 1. The van der Waals surface area contributed by atoms with Gasteiger partial charge in [-0.25, -0.2) is 4.98 Å². The zero-order chi connectivity index (χ0) is 6.69. The van der Waals surface area contributed by atoms with Crippen LogP contribution in [0.1, 0.15) is 0 Å². The summed E-state index contributed by atoms with van der Waals surface area (Å²) in [5.41, 5.74) is 2.55. The quantitative estimate of drug-likeness (QED) is 0.521. The minimum absolute atomic E-state index is 0.582. The van der Waals surface area contributed by atoms with E-state index in [-0.39, 0.29) is 0 Å². The molecule has 1 rings (SSSR count). The molecule has 0 aliphatic heterocycles. The molecule has 2 N–H and O–H groups in total. The van der Waals surface area contributed by atoms with Gasteiger partial charge in [0.25, 0.3) is 0 Å². The summed E-state index contributed by atoms with van der Waals surface area (Å²) in [5, 5.41) is 8.32. The summed E-state index contributed by atoms with van der Waals surface area (Å²) in [6.07, 6.45) is 1.52. The Morgan fingerprint density at radius 2 is 2.33 bits per heavy atom. The molecule has 0 amide bonds. The van der Waals surface area contributed by atoms with Gasteiger partial charge in [-0.3, -0.25) is 10.7 Å². The van der Waals surface area contributed by atoms with Crippen LogP contribution in [0.15, 0.2) is 22.9 Å². The highest BCUT2D eigenvalue weighted by molar-refractivity contribution is 9.10. The topological polar surface area (TPSA) is 45.1 Å². The van der Waals surface area contributed by atoms with Gasteiger partial charge in [0.1, 0.15) is 4.60 Å². The summed E-state index contributed by atoms with van der Waals surface area (Å²) < 4.78 is 0.751. The van der Waals surface area contributed by atoms with E-state index in [1.54, 1.807) is 12.1 Å². The number of halogens is 1. The zero-order valence-corrected chi connectivity index (χ0v) is 6.09. The summed E-state index contributed by atoms with van der Waals surface area (Å²) >= 11 is 3.15. The van der Waals surface area contributed by atoms with Gasteiger partial charge in [0.05, 0.1) is 11.9 Å². The number of hydrogen-bond acceptors (Lipinski definition) is 3. The van der Waals surface area contributed by atoms with Crippen LogP contribution in [0.3, 0.4) is 0 Å². The molecule has 0 aliphatic carbocycles. The van der Waals surface area contributed by atoms with Crippen molar-refractivity contribution in [3.8, 4) is 0 Å². The minimum atomic E-state index is 0.582. The van der Waals surface area contributed by atoms with E-state index in [4.69, 9.17) is 5.21 Å². The van der Waals surface area contributed by atoms with Gasteiger partial charge in [0.2, 0.25) is 0 Å². The molecule has 9 heavy (non-hydrogen) atoms. The first-order valence-electron chi connectivity index (χ1n) is 2.34. The van der Waals surface area contributed by atoms with E-state index in [1.165, 1.54) is 6.20 Å². The lowest BCUT2D eigenvalue weighted by Gasteiger charge is -1.94. The highest BCUT2D eigenvalue weighted by Gasteiger charge is 1.87. The second-order valence-corrected chi connectivity index (χ2v) is 2.29. The summed E-state index contributed by atoms with van der Waals surface area (Å²) in [7, 11) is 0. The highest BCUT2D eigenvalue weighted by atomic mass is 79.9. The van der Waals surface area contributed by atoms with Crippen LogP contribution in [0.25, 0.3) is 0 Å². The number of hydrogen-bond donors (Lipinski definition) is 2. The van der Waals surface area contributed by atoms with E-state index in [9.17, 15) is 0 Å². The monoisotopic (exact) mass is 188 g/mol. The predicted molar refractivity (Wildman–Crippen MR) is 37.3 cm³/mol. The first-order valence-corrected chi connectivity index (χ1v) is 3.14. The molecule has 1 aromatic heterocycles. The van der Waals surface area contributed by atoms with Crippen LogP contribution in [0.2, 0.25) is 0 Å². The van der Waals surface area contributed by atoms with Gasteiger partial charge in [0, 0.05) is 0 Å². The average Bonchev–Trinajstić information content (AvgIpc) is 1.90. The van der Waals surface area contributed by atoms with Gasteiger partial charge >= 0.3 is 0 Å². The first kappa shape index (κ1) is 6.51. The molecule has 4 heteroatoms. The molecular weight excluding hydrogens is 184 g/mol. The van der Waals surface area contributed by atoms with Crippen molar-refractivity contribution in [1.82, 2.24) is 4.98 Å². The number of aromatic nitrogens is 1. The van der Waals surface area contributed by atoms with E-state index >= 15 is 0 Å². The van der Waals surface area contributed by atoms with Gasteiger partial charge in [-0.1, -0.05) is 0 Å². The highest BCUT2D eigenvalue weighted by Crippen LogP contribution is 2.08. The van der Waals surface area contributed by atoms with Crippen LogP contribution in [0.5, 0.6) is 0 Å². The number of pyridine rings is 1. The second-order valence-electron chi connectivity index (χ2n) is 1.48. The third-order valence-corrected chi connectivity index (χ3v) is 1.33. The molecular formula is C5H5BrN2O. The fourth-order valence-electron chi connectivity index (χ4n) is 0.442. The Balaban J connectivity index is 2.88. The Bertz CT molecular complexity index is 187. The maximum Gasteiger partial charge on any atom is 0.106 e. The lowest BCUT2D eigenvalue weighted by Crippen LogP contribution is -1.88. The molecule has 48 valence electrons. The SMILES string of the molecule is ONc1ccc(Br)nc1. The number of anilines is 1. The van der Waals surface area contributed by atoms with Crippen molar-refractivity contribution in [3.05, 3.63) is 22.9 Å². The third kappa shape index (κ3) is 1.65. The number of nitrogens with one attached hydrogen (secondary N) is 1. The molecule has 0 bridgehead atoms. The molecule has 0 aromatic carbocycles. The standard InChI is InChI=1S/C5H5BrN2O/c6-5-2-1-4(8-9)3-7-5/h1-3,8-9H. The average molecular weight is 189 g/mol. The molecule has 0 radical (unpaired) electrons. The van der Waals surface area contributed by atoms with E-state index in [2.05, 4.69) is 20.9 Å². The van der Waals surface area contributed by atoms with Crippen LogP contribution >= 0.6 is 15.9 Å². The molecule has 0 saturated heterocycles. The molecule has 0 saturated carbocycles. The van der Waals surface area contributed by atoms with Crippen molar-refractivity contribution in [2.24, 2.45) is 0 Å². The van der Waals surface area contributed by atoms with Crippen LogP contribution < -0.4 is 5.48 Å². The summed E-state index contributed by atoms with van der Waals surface area (Å²) in [4.78, 5) is 3.84. The van der Waals surface area contributed by atoms with Crippen molar-refractivity contribution in [2.45, 2.75) is 0 Å². The van der Waals surface area contributed by atoms with E-state index in [0.717, 1.165) is 4.60 Å². The van der Waals surface area contributed by atoms with Gasteiger partial charge in [-0.15, -0.1) is 0 Å². The predicted octanol–water partition coefficient (Wildman–Crippen LogP) is 1.65. The third-order valence-electron chi connectivity index (χ3n) is 0.856. The maximum absolute atomic E-state index is 8.32. The molecule has 1 aromatic rings. The zero-order valence-electron chi connectivity index (χ0n) is 4.50. The molecule has 0 spiro atoms. The molecule has 1 heterocycles. The summed E-state index contributed by atoms with van der Waals surface area (Å²) in [6, 6.07) is 3.44. The van der Waals surface area contributed by atoms with Crippen molar-refractivity contribution in [1.29, 1.82) is 0 Å². The van der Waals surface area contributed by atoms with Crippen molar-refractivity contribution < 1.29 is 5.21 Å². The summed E-state index contributed by atoms with van der Waals surface area (Å²) in [5.74, 6) is 0. The van der Waals surface area contributed by atoms with E-state index in [1.807, 2.05) is 5.48 Å². The second kappa shape index (κ2) is 2.80. The fourth-order valence-corrected chi connectivity index (χ4v) is 0.676. The Kier molecular flexibility index (Phi) is 2.02. The minimum Gasteiger partial charge on any atom is -0.291 e. The fraction of sp³-hybridized carbons (Fsp3) is 0. The van der Waals surface area contributed by atoms with Crippen LogP contribution in [0, 0.1) is 0 Å². The van der Waals surface area contributed by atoms with Gasteiger partial charge in [-0.2, -0.15) is 0 Å². The first-order chi connectivity index (χ1) is 4.33. The molecule has 3 nitrogen and oxygen atoms in total. The van der Waals surface area contributed by atoms with Crippen molar-refractivity contribution in [3.63, 3.8) is 0 Å². The molecule has 0 fully saturated rings. The molecule has 0 aliphatic rings. The maximum atomic E-state index is 8.32. The number of rotatable bonds is 1. The smallest absolute Gasteiger partial charge is 0.106 e. The molecule has 0 unspecified atom stereocenters. The lowest BCUT2D eigenvalue weighted by atomic mass is 10.4. The Morgan fingerprint density at radius 1 is 1.56 bits per heavy atom. The molecule has 0 atom stereocenters. The normalized spacial score (nSPS) is 9.11. The Morgan fingerprint density at radius 3 is 2.78 bits per heavy atom. The Labute approximate surface area is 60.8 Å². The Hall–Kier alpha value is -0.610. The van der Waals surface area contributed by atoms with Crippen molar-refractivity contribution >= 4 is 21.6 Å². The van der Waals surface area contributed by atoms with Gasteiger partial charge < -0.3 is 0 Å². The van der Waals surface area contributed by atoms with Crippen LogP contribution in [-0.4, -0.2) is 10.2 Å². The van der Waals surface area contributed by atoms with Crippen LogP contribution in [0.4, 0.5) is 5.69 Å². The lowest BCUT2D eigenvalue weighted by molar-refractivity contribution is 0.388. The van der Waals surface area contributed by atoms with Gasteiger partial charge in [0.15, 0.2) is 0 Å². The summed E-state index contributed by atoms with van der Waals surface area (Å²) in [6.45, 7) is 0. The van der Waals surface area contributed by atoms with Crippen molar-refractivity contribution in [2.75, 3.05) is 5.48 Å². The van der Waals surface area contributed by atoms with E-state index in [0.29, 0.717) is 5.69 Å². The largest absolute Gasteiger partial charge is 0.291 e. The van der Waals surface area contributed by atoms with Gasteiger partial charge in [-0.05, 0) is 28.1 Å². The van der Waals surface area contributed by atoms with E-state index < -0.39 is 0 Å². The van der Waals surface area contributed by atoms with Crippen LogP contribution in [-0.2, 0) is 0 Å².